The van der Waals surface area contributed by atoms with E-state index in [-0.39, 0.29) is 30.5 Å². The van der Waals surface area contributed by atoms with Gasteiger partial charge in [0.05, 0.1) is 31.9 Å². The van der Waals surface area contributed by atoms with E-state index < -0.39 is 18.0 Å². The van der Waals surface area contributed by atoms with Gasteiger partial charge in [-0.2, -0.15) is 13.2 Å². The molecule has 4 rings (SSSR count). The Bertz CT molecular complexity index is 1190. The van der Waals surface area contributed by atoms with Crippen LogP contribution in [0, 0.1) is 5.92 Å². The predicted molar refractivity (Wildman–Crippen MR) is 137 cm³/mol. The molecule has 0 fully saturated rings. The Hall–Kier alpha value is -3.24. The zero-order chi connectivity index (χ0) is 27.6. The molecule has 0 radical (unpaired) electrons. The monoisotopic (exact) mass is 553 g/mol. The van der Waals surface area contributed by atoms with Crippen LogP contribution in [0.3, 0.4) is 0 Å². The van der Waals surface area contributed by atoms with Gasteiger partial charge in [-0.05, 0) is 49.1 Å². The van der Waals surface area contributed by atoms with Crippen LogP contribution in [0.15, 0.2) is 82.9 Å². The summed E-state index contributed by atoms with van der Waals surface area (Å²) in [5, 5.41) is 17.0. The van der Waals surface area contributed by atoms with Gasteiger partial charge in [-0.3, -0.25) is 0 Å². The van der Waals surface area contributed by atoms with E-state index in [0.717, 1.165) is 12.1 Å². The minimum Gasteiger partial charge on any atom is -0.493 e. The van der Waals surface area contributed by atoms with E-state index in [1.807, 2.05) is 38.4 Å². The molecule has 1 aromatic rings. The fourth-order valence-electron chi connectivity index (χ4n) is 4.69. The highest BCUT2D eigenvalue weighted by Gasteiger charge is 2.38. The Balaban J connectivity index is 1.46. The van der Waals surface area contributed by atoms with Gasteiger partial charge in [0, 0.05) is 25.1 Å². The zero-order valence-electron chi connectivity index (χ0n) is 21.4. The lowest BCUT2D eigenvalue weighted by Gasteiger charge is -2.41. The molecule has 0 spiro atoms. The molecule has 1 aliphatic carbocycles. The number of aliphatic hydroxyl groups is 1. The summed E-state index contributed by atoms with van der Waals surface area (Å²) in [6.45, 7) is 1.85. The Morgan fingerprint density at radius 3 is 2.58 bits per heavy atom. The first-order valence-electron chi connectivity index (χ1n) is 12.1. The molecule has 0 amide bonds. The van der Waals surface area contributed by atoms with Crippen LogP contribution < -0.4 is 10.6 Å². The standard InChI is InChI=1S/C27H31ClF3N3O4/c1-15-20(33-25(35)11-16-6-5-7-17(10-16)27(29,30)31)13-19(28)26(32-15)38-22-8-9-34(2)21-14-24(37-4)23(36-3)12-18(21)22/h5-10,12-15,18,21-22,25,32-33,35H,11H2,1-4H3/t15-,18?,21?,22+,25?/m1/s1. The normalized spacial score (nSPS) is 25.9. The number of aliphatic hydroxyl groups excluding tert-OH is 1. The summed E-state index contributed by atoms with van der Waals surface area (Å²) in [6.07, 6.45) is 3.54. The number of nitrogens with one attached hydrogen (secondary N) is 2. The molecule has 3 N–H and O–H groups in total. The summed E-state index contributed by atoms with van der Waals surface area (Å²) in [4.78, 5) is 2.06. The average Bonchev–Trinajstić information content (AvgIpc) is 2.87. The van der Waals surface area contributed by atoms with Crippen molar-refractivity contribution in [1.82, 2.24) is 15.5 Å². The molecule has 2 aliphatic heterocycles. The number of fused-ring (bicyclic) bond motifs is 1. The van der Waals surface area contributed by atoms with Crippen molar-refractivity contribution in [2.24, 2.45) is 5.92 Å². The third-order valence-corrected chi connectivity index (χ3v) is 6.97. The number of allylic oxidation sites excluding steroid dienone is 2. The van der Waals surface area contributed by atoms with Crippen molar-refractivity contribution in [3.63, 3.8) is 0 Å². The molecule has 7 nitrogen and oxygen atoms in total. The van der Waals surface area contributed by atoms with Gasteiger partial charge in [0.25, 0.3) is 0 Å². The smallest absolute Gasteiger partial charge is 0.416 e. The number of benzene rings is 1. The van der Waals surface area contributed by atoms with Crippen LogP contribution in [-0.2, 0) is 26.8 Å². The SMILES string of the molecule is COC1=CC2C(C=C1OC)N(C)C=C[C@@H]2OC1=C(Cl)C=C(NC(O)Cc2cccc(C(F)(F)F)c2)[C@@H](C)N1. The first-order valence-corrected chi connectivity index (χ1v) is 12.5. The van der Waals surface area contributed by atoms with Crippen molar-refractivity contribution in [3.05, 3.63) is 94.0 Å². The first kappa shape index (κ1) is 27.8. The molecule has 0 aromatic heterocycles. The number of dihydropyridines is 1. The molecule has 0 bridgehead atoms. The lowest BCUT2D eigenvalue weighted by Crippen LogP contribution is -2.46. The molecule has 206 valence electrons. The summed E-state index contributed by atoms with van der Waals surface area (Å²) in [7, 11) is 5.15. The fourth-order valence-corrected chi connectivity index (χ4v) is 4.91. The van der Waals surface area contributed by atoms with Gasteiger partial charge in [0.2, 0.25) is 5.88 Å². The van der Waals surface area contributed by atoms with E-state index in [2.05, 4.69) is 15.5 Å². The summed E-state index contributed by atoms with van der Waals surface area (Å²) >= 11 is 6.54. The van der Waals surface area contributed by atoms with Crippen LogP contribution in [0.25, 0.3) is 0 Å². The van der Waals surface area contributed by atoms with Crippen molar-refractivity contribution in [2.45, 2.75) is 43.9 Å². The Morgan fingerprint density at radius 1 is 1.18 bits per heavy atom. The van der Waals surface area contributed by atoms with Gasteiger partial charge in [-0.1, -0.05) is 29.8 Å². The molecule has 0 saturated carbocycles. The molecule has 0 saturated heterocycles. The summed E-state index contributed by atoms with van der Waals surface area (Å²) in [6, 6.07) is 4.56. The number of halogens is 4. The van der Waals surface area contributed by atoms with Crippen LogP contribution in [-0.4, -0.2) is 55.7 Å². The Kier molecular flexibility index (Phi) is 8.22. The van der Waals surface area contributed by atoms with Crippen molar-refractivity contribution in [3.8, 4) is 0 Å². The fraction of sp³-hybridized carbons (Fsp3) is 0.407. The van der Waals surface area contributed by atoms with E-state index in [9.17, 15) is 18.3 Å². The maximum atomic E-state index is 13.0. The van der Waals surface area contributed by atoms with E-state index >= 15 is 0 Å². The molecule has 3 unspecified atom stereocenters. The van der Waals surface area contributed by atoms with Gasteiger partial charge in [0.15, 0.2) is 11.5 Å². The van der Waals surface area contributed by atoms with E-state index in [4.69, 9.17) is 25.8 Å². The number of rotatable bonds is 8. The molecule has 1 aromatic carbocycles. The molecule has 3 aliphatic rings. The van der Waals surface area contributed by atoms with Crippen molar-refractivity contribution in [2.75, 3.05) is 21.3 Å². The van der Waals surface area contributed by atoms with Gasteiger partial charge >= 0.3 is 6.18 Å². The number of nitrogens with zero attached hydrogens (tertiary/aromatic N) is 1. The van der Waals surface area contributed by atoms with Crippen LogP contribution in [0.5, 0.6) is 0 Å². The van der Waals surface area contributed by atoms with Crippen LogP contribution >= 0.6 is 11.6 Å². The predicted octanol–water partition coefficient (Wildman–Crippen LogP) is 4.34. The molecule has 11 heteroatoms. The van der Waals surface area contributed by atoms with Crippen molar-refractivity contribution < 1.29 is 32.5 Å². The highest BCUT2D eigenvalue weighted by atomic mass is 35.5. The number of hydrogen-bond donors (Lipinski definition) is 3. The lowest BCUT2D eigenvalue weighted by atomic mass is 9.85. The third kappa shape index (κ3) is 6.07. The van der Waals surface area contributed by atoms with Gasteiger partial charge in [0.1, 0.15) is 17.4 Å². The number of likely N-dealkylation sites (N-methyl/N-ethyl adjacent to an activating group) is 1. The molecule has 38 heavy (non-hydrogen) atoms. The summed E-state index contributed by atoms with van der Waals surface area (Å²) in [5.74, 6) is 1.57. The summed E-state index contributed by atoms with van der Waals surface area (Å²) < 4.78 is 56.3. The lowest BCUT2D eigenvalue weighted by molar-refractivity contribution is -0.137. The Labute approximate surface area is 224 Å². The van der Waals surface area contributed by atoms with Gasteiger partial charge in [-0.25, -0.2) is 0 Å². The number of alkyl halides is 3. The summed E-state index contributed by atoms with van der Waals surface area (Å²) in [5.41, 5.74) is 0.171. The topological polar surface area (TPSA) is 75.2 Å². The molecule has 5 atom stereocenters. The third-order valence-electron chi connectivity index (χ3n) is 6.69. The largest absolute Gasteiger partial charge is 0.493 e. The Morgan fingerprint density at radius 2 is 1.89 bits per heavy atom. The first-order chi connectivity index (χ1) is 18.0. The van der Waals surface area contributed by atoms with Gasteiger partial charge < -0.3 is 34.9 Å². The second kappa shape index (κ2) is 11.2. The van der Waals surface area contributed by atoms with Crippen molar-refractivity contribution in [1.29, 1.82) is 0 Å². The number of hydrogen-bond acceptors (Lipinski definition) is 7. The second-order valence-electron chi connectivity index (χ2n) is 9.33. The quantitative estimate of drug-likeness (QED) is 0.414. The molecular weight excluding hydrogens is 523 g/mol. The second-order valence-corrected chi connectivity index (χ2v) is 9.74. The van der Waals surface area contributed by atoms with E-state index in [1.165, 1.54) is 12.1 Å². The minimum atomic E-state index is -4.45. The van der Waals surface area contributed by atoms with Crippen LogP contribution in [0.2, 0.25) is 0 Å². The molecular formula is C27H31ClF3N3O4. The van der Waals surface area contributed by atoms with Crippen LogP contribution in [0.4, 0.5) is 13.2 Å². The average molecular weight is 554 g/mol. The van der Waals surface area contributed by atoms with E-state index in [0.29, 0.717) is 33.7 Å². The zero-order valence-corrected chi connectivity index (χ0v) is 22.2. The van der Waals surface area contributed by atoms with E-state index in [1.54, 1.807) is 20.3 Å². The van der Waals surface area contributed by atoms with Crippen molar-refractivity contribution >= 4 is 11.6 Å². The number of methoxy groups -OCH3 is 2. The highest BCUT2D eigenvalue weighted by molar-refractivity contribution is 6.31. The maximum Gasteiger partial charge on any atom is 0.416 e. The molecule has 2 heterocycles. The highest BCUT2D eigenvalue weighted by Crippen LogP contribution is 2.35. The van der Waals surface area contributed by atoms with Crippen LogP contribution in [0.1, 0.15) is 18.1 Å². The maximum absolute atomic E-state index is 13.0. The van der Waals surface area contributed by atoms with Gasteiger partial charge in [-0.15, -0.1) is 0 Å². The minimum absolute atomic E-state index is 0.0157. The number of ether oxygens (including phenoxy) is 3.